The zero-order valence-electron chi connectivity index (χ0n) is 13.0. The van der Waals surface area contributed by atoms with Gasteiger partial charge in [-0.25, -0.2) is 0 Å². The second-order valence-corrected chi connectivity index (χ2v) is 6.24. The molecule has 21 heavy (non-hydrogen) atoms. The number of rotatable bonds is 5. The van der Waals surface area contributed by atoms with E-state index in [1.807, 2.05) is 0 Å². The van der Waals surface area contributed by atoms with Crippen molar-refractivity contribution >= 4 is 0 Å². The average molecular weight is 283 g/mol. The smallest absolute Gasteiger partial charge is 0.0762 e. The van der Waals surface area contributed by atoms with Crippen LogP contribution < -0.4 is 5.32 Å². The Bertz CT molecular complexity index is 564. The van der Waals surface area contributed by atoms with Gasteiger partial charge in [-0.15, -0.1) is 0 Å². The molecule has 112 valence electrons. The van der Waals surface area contributed by atoms with Crippen LogP contribution in [0.1, 0.15) is 61.5 Å². The van der Waals surface area contributed by atoms with Crippen molar-refractivity contribution in [3.63, 3.8) is 0 Å². The van der Waals surface area contributed by atoms with Crippen LogP contribution in [0, 0.1) is 6.92 Å². The van der Waals surface area contributed by atoms with E-state index in [0.717, 1.165) is 12.2 Å². The van der Waals surface area contributed by atoms with Crippen molar-refractivity contribution in [3.05, 3.63) is 53.3 Å². The van der Waals surface area contributed by atoms with Crippen molar-refractivity contribution in [2.75, 3.05) is 0 Å². The van der Waals surface area contributed by atoms with Crippen molar-refractivity contribution in [2.24, 2.45) is 0 Å². The number of benzene rings is 1. The summed E-state index contributed by atoms with van der Waals surface area (Å²) in [4.78, 5) is 0. The van der Waals surface area contributed by atoms with Crippen molar-refractivity contribution in [2.45, 2.75) is 58.2 Å². The van der Waals surface area contributed by atoms with Crippen LogP contribution in [-0.4, -0.2) is 9.78 Å². The van der Waals surface area contributed by atoms with Crippen LogP contribution in [0.25, 0.3) is 0 Å². The second-order valence-electron chi connectivity index (χ2n) is 6.24. The summed E-state index contributed by atoms with van der Waals surface area (Å²) in [6, 6.07) is 11.9. The van der Waals surface area contributed by atoms with E-state index in [9.17, 15) is 0 Å². The molecule has 1 atom stereocenters. The van der Waals surface area contributed by atoms with Crippen molar-refractivity contribution in [1.82, 2.24) is 15.1 Å². The van der Waals surface area contributed by atoms with Gasteiger partial charge in [-0.3, -0.25) is 4.68 Å². The third-order valence-electron chi connectivity index (χ3n) is 4.53. The summed E-state index contributed by atoms with van der Waals surface area (Å²) in [6.45, 7) is 5.16. The summed E-state index contributed by atoms with van der Waals surface area (Å²) in [5.74, 6) is 0. The van der Waals surface area contributed by atoms with E-state index in [1.165, 1.54) is 36.8 Å². The number of nitrogens with zero attached hydrogens (tertiary/aromatic N) is 2. The van der Waals surface area contributed by atoms with Crippen molar-refractivity contribution < 1.29 is 0 Å². The van der Waals surface area contributed by atoms with E-state index >= 15 is 0 Å². The van der Waals surface area contributed by atoms with Gasteiger partial charge in [0.15, 0.2) is 0 Å². The fourth-order valence-electron chi connectivity index (χ4n) is 3.07. The monoisotopic (exact) mass is 283 g/mol. The maximum atomic E-state index is 4.73. The lowest BCUT2D eigenvalue weighted by Crippen LogP contribution is -2.18. The molecule has 3 nitrogen and oxygen atoms in total. The largest absolute Gasteiger partial charge is 0.304 e. The Labute approximate surface area is 127 Å². The van der Waals surface area contributed by atoms with E-state index in [-0.39, 0.29) is 0 Å². The first-order valence-corrected chi connectivity index (χ1v) is 8.06. The minimum Gasteiger partial charge on any atom is -0.304 e. The van der Waals surface area contributed by atoms with Gasteiger partial charge in [0.1, 0.15) is 0 Å². The van der Waals surface area contributed by atoms with Gasteiger partial charge in [-0.1, -0.05) is 42.7 Å². The highest BCUT2D eigenvalue weighted by molar-refractivity contribution is 5.23. The van der Waals surface area contributed by atoms with Gasteiger partial charge in [-0.05, 0) is 38.3 Å². The van der Waals surface area contributed by atoms with Crippen LogP contribution in [-0.2, 0) is 6.54 Å². The third kappa shape index (κ3) is 3.53. The van der Waals surface area contributed by atoms with Crippen LogP contribution in [0.15, 0.2) is 36.5 Å². The molecule has 3 heteroatoms. The summed E-state index contributed by atoms with van der Waals surface area (Å²) in [5.41, 5.74) is 3.78. The molecule has 1 aliphatic rings. The molecule has 1 fully saturated rings. The molecule has 0 bridgehead atoms. The van der Waals surface area contributed by atoms with E-state index < -0.39 is 0 Å². The first kappa shape index (κ1) is 14.3. The molecule has 3 rings (SSSR count). The SMILES string of the molecule is Cc1ccc([C@H](C)NCc2ccn(C3CCCC3)n2)cc1. The molecule has 0 aliphatic heterocycles. The van der Waals surface area contributed by atoms with E-state index in [4.69, 9.17) is 5.10 Å². The van der Waals surface area contributed by atoms with Crippen molar-refractivity contribution in [1.29, 1.82) is 0 Å². The van der Waals surface area contributed by atoms with Crippen LogP contribution in [0.2, 0.25) is 0 Å². The Hall–Kier alpha value is -1.61. The number of aromatic nitrogens is 2. The summed E-state index contributed by atoms with van der Waals surface area (Å²) < 4.78 is 2.17. The predicted molar refractivity (Wildman–Crippen MR) is 86.2 cm³/mol. The fraction of sp³-hybridized carbons (Fsp3) is 0.500. The molecular formula is C18H25N3. The molecule has 0 radical (unpaired) electrons. The highest BCUT2D eigenvalue weighted by Gasteiger charge is 2.17. The standard InChI is InChI=1S/C18H25N3/c1-14-7-9-16(10-8-14)15(2)19-13-17-11-12-21(20-17)18-5-3-4-6-18/h7-12,15,18-19H,3-6,13H2,1-2H3/t15-/m0/s1. The summed E-state index contributed by atoms with van der Waals surface area (Å²) in [7, 11) is 0. The normalized spacial score (nSPS) is 17.2. The van der Waals surface area contributed by atoms with Crippen molar-refractivity contribution in [3.8, 4) is 0 Å². The number of hydrogen-bond donors (Lipinski definition) is 1. The maximum Gasteiger partial charge on any atom is 0.0762 e. The van der Waals surface area contributed by atoms with Gasteiger partial charge in [-0.2, -0.15) is 5.10 Å². The second kappa shape index (κ2) is 6.44. The molecule has 0 saturated heterocycles. The minimum atomic E-state index is 0.349. The number of aryl methyl sites for hydroxylation is 1. The van der Waals surface area contributed by atoms with Gasteiger partial charge < -0.3 is 5.32 Å². The third-order valence-corrected chi connectivity index (χ3v) is 4.53. The Balaban J connectivity index is 1.56. The zero-order chi connectivity index (χ0) is 14.7. The molecule has 2 aromatic rings. The first-order valence-electron chi connectivity index (χ1n) is 8.06. The number of hydrogen-bond acceptors (Lipinski definition) is 2. The molecule has 1 saturated carbocycles. The molecular weight excluding hydrogens is 258 g/mol. The van der Waals surface area contributed by atoms with Gasteiger partial charge in [0.25, 0.3) is 0 Å². The van der Waals surface area contributed by atoms with Crippen LogP contribution in [0.4, 0.5) is 0 Å². The molecule has 1 aromatic carbocycles. The number of nitrogens with one attached hydrogen (secondary N) is 1. The Morgan fingerprint density at radius 2 is 1.90 bits per heavy atom. The average Bonchev–Trinajstić information content (AvgIpc) is 3.16. The molecule has 0 unspecified atom stereocenters. The lowest BCUT2D eigenvalue weighted by Gasteiger charge is -2.14. The molecule has 1 aliphatic carbocycles. The van der Waals surface area contributed by atoms with E-state index in [0.29, 0.717) is 12.1 Å². The maximum absolute atomic E-state index is 4.73. The van der Waals surface area contributed by atoms with E-state index in [2.05, 4.69) is 60.4 Å². The highest BCUT2D eigenvalue weighted by Crippen LogP contribution is 2.28. The highest BCUT2D eigenvalue weighted by atomic mass is 15.3. The molecule has 0 spiro atoms. The lowest BCUT2D eigenvalue weighted by atomic mass is 10.1. The lowest BCUT2D eigenvalue weighted by molar-refractivity contribution is 0.458. The Morgan fingerprint density at radius 3 is 2.62 bits per heavy atom. The van der Waals surface area contributed by atoms with Gasteiger partial charge in [0.2, 0.25) is 0 Å². The quantitative estimate of drug-likeness (QED) is 0.893. The predicted octanol–water partition coefficient (Wildman–Crippen LogP) is 4.16. The summed E-state index contributed by atoms with van der Waals surface area (Å²) >= 11 is 0. The Kier molecular flexibility index (Phi) is 4.39. The van der Waals surface area contributed by atoms with Crippen LogP contribution in [0.5, 0.6) is 0 Å². The molecule has 1 heterocycles. The zero-order valence-corrected chi connectivity index (χ0v) is 13.0. The Morgan fingerprint density at radius 1 is 1.19 bits per heavy atom. The van der Waals surface area contributed by atoms with Gasteiger partial charge in [0, 0.05) is 18.8 Å². The first-order chi connectivity index (χ1) is 10.2. The van der Waals surface area contributed by atoms with Crippen LogP contribution >= 0.6 is 0 Å². The van der Waals surface area contributed by atoms with Crippen LogP contribution in [0.3, 0.4) is 0 Å². The summed E-state index contributed by atoms with van der Waals surface area (Å²) in [5, 5.41) is 8.29. The molecule has 1 N–H and O–H groups in total. The molecule has 1 aromatic heterocycles. The fourth-order valence-corrected chi connectivity index (χ4v) is 3.07. The van der Waals surface area contributed by atoms with E-state index in [1.54, 1.807) is 0 Å². The van der Waals surface area contributed by atoms with Gasteiger partial charge >= 0.3 is 0 Å². The summed E-state index contributed by atoms with van der Waals surface area (Å²) in [6.07, 6.45) is 7.41. The van der Waals surface area contributed by atoms with Gasteiger partial charge in [0.05, 0.1) is 11.7 Å². The topological polar surface area (TPSA) is 29.9 Å². The minimum absolute atomic E-state index is 0.349. The molecule has 0 amide bonds.